The van der Waals surface area contributed by atoms with Gasteiger partial charge < -0.3 is 10.1 Å². The van der Waals surface area contributed by atoms with Gasteiger partial charge in [0.1, 0.15) is 5.75 Å². The molecule has 0 saturated carbocycles. The second-order valence-corrected chi connectivity index (χ2v) is 7.31. The summed E-state index contributed by atoms with van der Waals surface area (Å²) < 4.78 is 5.81. The van der Waals surface area contributed by atoms with Crippen LogP contribution in [0.2, 0.25) is 5.02 Å². The van der Waals surface area contributed by atoms with Crippen LogP contribution < -0.4 is 10.1 Å². The molecular formula is C17H26ClNO. The number of hydrogen-bond acceptors (Lipinski definition) is 2. The van der Waals surface area contributed by atoms with Crippen molar-refractivity contribution < 1.29 is 4.74 Å². The smallest absolute Gasteiger partial charge is 0.125 e. The Hall–Kier alpha value is -0.730. The lowest BCUT2D eigenvalue weighted by Gasteiger charge is -2.27. The second kappa shape index (κ2) is 6.36. The van der Waals surface area contributed by atoms with Crippen LogP contribution >= 0.6 is 11.6 Å². The van der Waals surface area contributed by atoms with Crippen molar-refractivity contribution in [1.29, 1.82) is 0 Å². The van der Waals surface area contributed by atoms with Crippen LogP contribution in [0.15, 0.2) is 12.1 Å². The molecule has 1 N–H and O–H groups in total. The van der Waals surface area contributed by atoms with E-state index in [1.165, 1.54) is 11.1 Å². The molecule has 1 aromatic carbocycles. The molecule has 1 heterocycles. The fourth-order valence-electron chi connectivity index (χ4n) is 3.01. The Morgan fingerprint density at radius 1 is 1.35 bits per heavy atom. The lowest BCUT2D eigenvalue weighted by atomic mass is 9.85. The molecule has 0 aromatic heterocycles. The minimum Gasteiger partial charge on any atom is -0.493 e. The molecule has 1 aliphatic rings. The van der Waals surface area contributed by atoms with E-state index >= 15 is 0 Å². The van der Waals surface area contributed by atoms with Crippen molar-refractivity contribution in [3.05, 3.63) is 28.3 Å². The van der Waals surface area contributed by atoms with E-state index in [0.717, 1.165) is 43.2 Å². The van der Waals surface area contributed by atoms with Gasteiger partial charge in [-0.25, -0.2) is 0 Å². The van der Waals surface area contributed by atoms with Crippen LogP contribution in [0.3, 0.4) is 0 Å². The van der Waals surface area contributed by atoms with Gasteiger partial charge in [-0.05, 0) is 48.1 Å². The number of ether oxygens (including phenoxy) is 1. The van der Waals surface area contributed by atoms with Crippen LogP contribution in [-0.4, -0.2) is 19.2 Å². The number of benzene rings is 1. The fraction of sp³-hybridized carbons (Fsp3) is 0.647. The van der Waals surface area contributed by atoms with Crippen LogP contribution in [0.1, 0.15) is 45.2 Å². The molecular weight excluding hydrogens is 270 g/mol. The largest absolute Gasteiger partial charge is 0.493 e. The molecule has 2 nitrogen and oxygen atoms in total. The van der Waals surface area contributed by atoms with E-state index in [1.54, 1.807) is 0 Å². The predicted molar refractivity (Wildman–Crippen MR) is 85.9 cm³/mol. The highest BCUT2D eigenvalue weighted by Crippen LogP contribution is 2.34. The highest BCUT2D eigenvalue weighted by Gasteiger charge is 2.23. The van der Waals surface area contributed by atoms with E-state index in [4.69, 9.17) is 16.3 Å². The summed E-state index contributed by atoms with van der Waals surface area (Å²) in [7, 11) is 0. The summed E-state index contributed by atoms with van der Waals surface area (Å²) in [6, 6.07) is 4.57. The fourth-order valence-corrected chi connectivity index (χ4v) is 3.27. The molecule has 0 fully saturated rings. The molecule has 0 aliphatic carbocycles. The highest BCUT2D eigenvalue weighted by atomic mass is 35.5. The standard InChI is InChI=1S/C17H26ClNO/c1-5-19-15(11-17(2,3)4)10-13-9-14(18)8-12-6-7-20-16(12)13/h8-9,15,19H,5-7,10-11H2,1-4H3. The molecule has 3 heteroatoms. The van der Waals surface area contributed by atoms with Gasteiger partial charge in [0.2, 0.25) is 0 Å². The Morgan fingerprint density at radius 2 is 2.10 bits per heavy atom. The summed E-state index contributed by atoms with van der Waals surface area (Å²) in [6.45, 7) is 10.8. The maximum absolute atomic E-state index is 6.25. The SMILES string of the molecule is CCNC(Cc1cc(Cl)cc2c1OCC2)CC(C)(C)C. The Bertz CT molecular complexity index is 465. The van der Waals surface area contributed by atoms with Gasteiger partial charge in [0.15, 0.2) is 0 Å². The topological polar surface area (TPSA) is 21.3 Å². The van der Waals surface area contributed by atoms with Crippen LogP contribution in [0, 0.1) is 5.41 Å². The van der Waals surface area contributed by atoms with Crippen molar-refractivity contribution in [3.8, 4) is 5.75 Å². The summed E-state index contributed by atoms with van der Waals surface area (Å²) in [6.07, 6.45) is 3.10. The number of hydrogen-bond donors (Lipinski definition) is 1. The second-order valence-electron chi connectivity index (χ2n) is 6.88. The van der Waals surface area contributed by atoms with Crippen LogP contribution in [0.25, 0.3) is 0 Å². The number of likely N-dealkylation sites (N-methyl/N-ethyl adjacent to an activating group) is 1. The first-order valence-corrected chi connectivity index (χ1v) is 7.94. The van der Waals surface area contributed by atoms with E-state index < -0.39 is 0 Å². The van der Waals surface area contributed by atoms with E-state index in [9.17, 15) is 0 Å². The summed E-state index contributed by atoms with van der Waals surface area (Å²) in [5.74, 6) is 1.08. The van der Waals surface area contributed by atoms with Gasteiger partial charge in [-0.1, -0.05) is 39.3 Å². The third kappa shape index (κ3) is 4.13. The van der Waals surface area contributed by atoms with Crippen molar-refractivity contribution >= 4 is 11.6 Å². The number of rotatable bonds is 5. The van der Waals surface area contributed by atoms with E-state index in [1.807, 2.05) is 6.07 Å². The van der Waals surface area contributed by atoms with E-state index in [2.05, 4.69) is 39.1 Å². The van der Waals surface area contributed by atoms with Gasteiger partial charge in [0, 0.05) is 17.5 Å². The minimum absolute atomic E-state index is 0.315. The van der Waals surface area contributed by atoms with Gasteiger partial charge in [0.05, 0.1) is 6.61 Å². The number of nitrogens with one attached hydrogen (secondary N) is 1. The summed E-state index contributed by atoms with van der Waals surface area (Å²) in [5, 5.41) is 4.43. The molecule has 1 aromatic rings. The molecule has 20 heavy (non-hydrogen) atoms. The van der Waals surface area contributed by atoms with Gasteiger partial charge in [0.25, 0.3) is 0 Å². The monoisotopic (exact) mass is 295 g/mol. The van der Waals surface area contributed by atoms with E-state index in [0.29, 0.717) is 11.5 Å². The predicted octanol–water partition coefficient (Wildman–Crippen LogP) is 4.23. The van der Waals surface area contributed by atoms with Crippen LogP contribution in [-0.2, 0) is 12.8 Å². The maximum atomic E-state index is 6.25. The average Bonchev–Trinajstić information content (AvgIpc) is 2.74. The Morgan fingerprint density at radius 3 is 2.75 bits per heavy atom. The molecule has 112 valence electrons. The Balaban J connectivity index is 2.18. The molecule has 0 bridgehead atoms. The lowest BCUT2D eigenvalue weighted by molar-refractivity contribution is 0.305. The van der Waals surface area contributed by atoms with Crippen molar-refractivity contribution in [2.24, 2.45) is 5.41 Å². The normalized spacial score (nSPS) is 15.8. The molecule has 0 spiro atoms. The molecule has 1 unspecified atom stereocenters. The third-order valence-corrected chi connectivity index (χ3v) is 3.86. The third-order valence-electron chi connectivity index (χ3n) is 3.64. The lowest BCUT2D eigenvalue weighted by Crippen LogP contribution is -2.34. The van der Waals surface area contributed by atoms with Crippen molar-refractivity contribution in [3.63, 3.8) is 0 Å². The van der Waals surface area contributed by atoms with Crippen LogP contribution in [0.5, 0.6) is 5.75 Å². The van der Waals surface area contributed by atoms with Gasteiger partial charge in [-0.2, -0.15) is 0 Å². The molecule has 0 saturated heterocycles. The molecule has 1 atom stereocenters. The highest BCUT2D eigenvalue weighted by molar-refractivity contribution is 6.30. The van der Waals surface area contributed by atoms with Gasteiger partial charge in [-0.3, -0.25) is 0 Å². The molecule has 0 radical (unpaired) electrons. The summed E-state index contributed by atoms with van der Waals surface area (Å²) in [5.41, 5.74) is 2.83. The van der Waals surface area contributed by atoms with Crippen molar-refractivity contribution in [1.82, 2.24) is 5.32 Å². The minimum atomic E-state index is 0.315. The molecule has 2 rings (SSSR count). The van der Waals surface area contributed by atoms with Crippen molar-refractivity contribution in [2.75, 3.05) is 13.2 Å². The average molecular weight is 296 g/mol. The van der Waals surface area contributed by atoms with Gasteiger partial charge in [-0.15, -0.1) is 0 Å². The maximum Gasteiger partial charge on any atom is 0.125 e. The quantitative estimate of drug-likeness (QED) is 0.877. The summed E-state index contributed by atoms with van der Waals surface area (Å²) >= 11 is 6.25. The van der Waals surface area contributed by atoms with Crippen LogP contribution in [0.4, 0.5) is 0 Å². The first-order valence-electron chi connectivity index (χ1n) is 7.56. The zero-order valence-electron chi connectivity index (χ0n) is 13.1. The zero-order valence-corrected chi connectivity index (χ0v) is 13.8. The zero-order chi connectivity index (χ0) is 14.8. The first-order chi connectivity index (χ1) is 9.39. The van der Waals surface area contributed by atoms with Crippen molar-refractivity contribution in [2.45, 2.75) is 53.0 Å². The molecule has 1 aliphatic heterocycles. The van der Waals surface area contributed by atoms with Gasteiger partial charge >= 0.3 is 0 Å². The van der Waals surface area contributed by atoms with E-state index in [-0.39, 0.29) is 0 Å². The first kappa shape index (κ1) is 15.7. The number of halogens is 1. The summed E-state index contributed by atoms with van der Waals surface area (Å²) in [4.78, 5) is 0. The molecule has 0 amide bonds. The number of fused-ring (bicyclic) bond motifs is 1. The Labute approximate surface area is 127 Å². The Kier molecular flexibility index (Phi) is 4.98.